The summed E-state index contributed by atoms with van der Waals surface area (Å²) in [5, 5.41) is 3.06. The van der Waals surface area contributed by atoms with Crippen LogP contribution in [0.3, 0.4) is 0 Å². The second-order valence-electron chi connectivity index (χ2n) is 7.32. The van der Waals surface area contributed by atoms with Crippen molar-refractivity contribution in [2.75, 3.05) is 26.2 Å². The van der Waals surface area contributed by atoms with Crippen LogP contribution in [-0.2, 0) is 4.79 Å². The predicted molar refractivity (Wildman–Crippen MR) is 102 cm³/mol. The van der Waals surface area contributed by atoms with Crippen molar-refractivity contribution in [3.05, 3.63) is 48.4 Å². The number of nitrogens with one attached hydrogen (secondary N) is 1. The van der Waals surface area contributed by atoms with Crippen molar-refractivity contribution in [3.8, 4) is 11.1 Å². The minimum atomic E-state index is -0.161. The molecule has 2 aromatic rings. The number of nitrogens with zero attached hydrogens (tertiary/aromatic N) is 2. The maximum atomic E-state index is 13.0. The fraction of sp³-hybridized carbons (Fsp3) is 0.429. The second-order valence-corrected chi connectivity index (χ2v) is 7.32. The Morgan fingerprint density at radius 2 is 1.78 bits per heavy atom. The van der Waals surface area contributed by atoms with Gasteiger partial charge in [0.25, 0.3) is 5.91 Å². The Kier molecular flexibility index (Phi) is 4.99. The van der Waals surface area contributed by atoms with Gasteiger partial charge in [0.15, 0.2) is 5.76 Å². The molecule has 27 heavy (non-hydrogen) atoms. The molecule has 0 bridgehead atoms. The number of carbonyl (C=O) groups is 2. The molecule has 0 unspecified atom stereocenters. The van der Waals surface area contributed by atoms with Gasteiger partial charge in [-0.05, 0) is 31.4 Å². The van der Waals surface area contributed by atoms with Gasteiger partial charge in [0.05, 0.1) is 12.3 Å². The first kappa shape index (κ1) is 17.8. The molecule has 2 aliphatic rings. The van der Waals surface area contributed by atoms with Crippen molar-refractivity contribution in [1.82, 2.24) is 15.1 Å². The van der Waals surface area contributed by atoms with Crippen molar-refractivity contribution < 1.29 is 14.0 Å². The number of hydrogen-bond acceptors (Lipinski definition) is 4. The van der Waals surface area contributed by atoms with E-state index in [-0.39, 0.29) is 17.9 Å². The Morgan fingerprint density at radius 1 is 1.07 bits per heavy atom. The molecule has 1 aromatic carbocycles. The quantitative estimate of drug-likeness (QED) is 0.881. The average molecular weight is 367 g/mol. The van der Waals surface area contributed by atoms with E-state index in [0.29, 0.717) is 38.0 Å². The molecule has 2 heterocycles. The van der Waals surface area contributed by atoms with E-state index in [1.807, 2.05) is 48.2 Å². The third-order valence-corrected chi connectivity index (χ3v) is 5.40. The normalized spacial score (nSPS) is 18.9. The number of rotatable bonds is 5. The maximum Gasteiger partial charge on any atom is 0.290 e. The summed E-state index contributed by atoms with van der Waals surface area (Å²) in [6.07, 6.45) is 3.75. The monoisotopic (exact) mass is 367 g/mol. The van der Waals surface area contributed by atoms with Crippen LogP contribution >= 0.6 is 0 Å². The minimum Gasteiger partial charge on any atom is -0.459 e. The molecule has 6 heteroatoms. The van der Waals surface area contributed by atoms with Gasteiger partial charge in [0, 0.05) is 37.8 Å². The van der Waals surface area contributed by atoms with Crippen LogP contribution in [0.5, 0.6) is 0 Å². The summed E-state index contributed by atoms with van der Waals surface area (Å²) < 4.78 is 5.53. The number of hydrogen-bond donors (Lipinski definition) is 1. The number of piperazine rings is 1. The van der Waals surface area contributed by atoms with E-state index in [1.54, 1.807) is 6.26 Å². The summed E-state index contributed by atoms with van der Waals surface area (Å²) in [4.78, 5) is 29.2. The van der Waals surface area contributed by atoms with Crippen LogP contribution < -0.4 is 5.32 Å². The van der Waals surface area contributed by atoms with E-state index in [4.69, 9.17) is 4.42 Å². The molecule has 142 valence electrons. The van der Waals surface area contributed by atoms with Gasteiger partial charge in [-0.3, -0.25) is 14.5 Å². The lowest BCUT2D eigenvalue weighted by Crippen LogP contribution is -2.55. The summed E-state index contributed by atoms with van der Waals surface area (Å²) >= 11 is 0. The van der Waals surface area contributed by atoms with E-state index in [0.717, 1.165) is 24.0 Å². The highest BCUT2D eigenvalue weighted by molar-refractivity contribution is 5.98. The molecular formula is C21H25N3O3. The molecule has 1 N–H and O–H groups in total. The molecular weight excluding hydrogens is 342 g/mol. The van der Waals surface area contributed by atoms with E-state index in [2.05, 4.69) is 10.2 Å². The van der Waals surface area contributed by atoms with Crippen molar-refractivity contribution in [2.45, 2.75) is 31.8 Å². The van der Waals surface area contributed by atoms with Crippen LogP contribution in [0.15, 0.2) is 47.1 Å². The van der Waals surface area contributed by atoms with E-state index >= 15 is 0 Å². The van der Waals surface area contributed by atoms with Crippen LogP contribution in [0.2, 0.25) is 0 Å². The SMILES string of the molecule is C[C@H](C(=O)NC1CC1)N1CCN(C(=O)c2occc2-c2ccccc2)CC1. The summed E-state index contributed by atoms with van der Waals surface area (Å²) in [7, 11) is 0. The first-order valence-corrected chi connectivity index (χ1v) is 9.60. The molecule has 1 aromatic heterocycles. The Morgan fingerprint density at radius 3 is 2.44 bits per heavy atom. The van der Waals surface area contributed by atoms with E-state index < -0.39 is 0 Å². The highest BCUT2D eigenvalue weighted by Crippen LogP contribution is 2.26. The minimum absolute atomic E-state index is 0.0893. The Hall–Kier alpha value is -2.60. The first-order valence-electron chi connectivity index (χ1n) is 9.60. The van der Waals surface area contributed by atoms with Crippen LogP contribution in [0.25, 0.3) is 11.1 Å². The van der Waals surface area contributed by atoms with Gasteiger partial charge in [-0.1, -0.05) is 30.3 Å². The third kappa shape index (κ3) is 3.90. The summed E-state index contributed by atoms with van der Waals surface area (Å²) in [5.74, 6) is 0.387. The molecule has 1 saturated carbocycles. The van der Waals surface area contributed by atoms with Crippen molar-refractivity contribution >= 4 is 11.8 Å². The fourth-order valence-electron chi connectivity index (χ4n) is 3.49. The number of furan rings is 1. The Balaban J connectivity index is 1.38. The van der Waals surface area contributed by atoms with Gasteiger partial charge in [-0.2, -0.15) is 0 Å². The zero-order valence-electron chi connectivity index (χ0n) is 15.6. The highest BCUT2D eigenvalue weighted by Gasteiger charge is 2.32. The molecule has 0 radical (unpaired) electrons. The van der Waals surface area contributed by atoms with Gasteiger partial charge in [-0.15, -0.1) is 0 Å². The number of amides is 2. The first-order chi connectivity index (χ1) is 13.1. The smallest absolute Gasteiger partial charge is 0.290 e. The lowest BCUT2D eigenvalue weighted by atomic mass is 10.1. The van der Waals surface area contributed by atoms with Crippen LogP contribution in [0, 0.1) is 0 Å². The van der Waals surface area contributed by atoms with Gasteiger partial charge >= 0.3 is 0 Å². The van der Waals surface area contributed by atoms with Gasteiger partial charge in [0.1, 0.15) is 0 Å². The fourth-order valence-corrected chi connectivity index (χ4v) is 3.49. The summed E-state index contributed by atoms with van der Waals surface area (Å²) in [6.45, 7) is 4.50. The topological polar surface area (TPSA) is 65.8 Å². The van der Waals surface area contributed by atoms with Crippen molar-refractivity contribution in [1.29, 1.82) is 0 Å². The maximum absolute atomic E-state index is 13.0. The molecule has 1 atom stereocenters. The average Bonchev–Trinajstić information content (AvgIpc) is 3.39. The number of carbonyl (C=O) groups excluding carboxylic acids is 2. The lowest BCUT2D eigenvalue weighted by Gasteiger charge is -2.37. The van der Waals surface area contributed by atoms with E-state index in [9.17, 15) is 9.59 Å². The van der Waals surface area contributed by atoms with Crippen LogP contribution in [0.4, 0.5) is 0 Å². The molecule has 1 aliphatic carbocycles. The zero-order chi connectivity index (χ0) is 18.8. The molecule has 4 rings (SSSR count). The third-order valence-electron chi connectivity index (χ3n) is 5.40. The molecule has 2 amide bonds. The van der Waals surface area contributed by atoms with Crippen molar-refractivity contribution in [2.24, 2.45) is 0 Å². The molecule has 1 aliphatic heterocycles. The zero-order valence-corrected chi connectivity index (χ0v) is 15.6. The number of benzene rings is 1. The largest absolute Gasteiger partial charge is 0.459 e. The Bertz CT molecular complexity index is 805. The van der Waals surface area contributed by atoms with Crippen LogP contribution in [-0.4, -0.2) is 59.9 Å². The molecule has 1 saturated heterocycles. The van der Waals surface area contributed by atoms with Gasteiger partial charge < -0.3 is 14.6 Å². The van der Waals surface area contributed by atoms with Crippen LogP contribution in [0.1, 0.15) is 30.3 Å². The Labute approximate surface area is 159 Å². The van der Waals surface area contributed by atoms with Gasteiger partial charge in [-0.25, -0.2) is 0 Å². The molecule has 6 nitrogen and oxygen atoms in total. The standard InChI is InChI=1S/C21H25N3O3/c1-15(20(25)22-17-7-8-17)23-10-12-24(13-11-23)21(26)19-18(9-14-27-19)16-5-3-2-4-6-16/h2-6,9,14-15,17H,7-8,10-13H2,1H3,(H,22,25)/t15-/m1/s1. The summed E-state index contributed by atoms with van der Waals surface area (Å²) in [5.41, 5.74) is 1.79. The predicted octanol–water partition coefficient (Wildman–Crippen LogP) is 2.37. The second kappa shape index (κ2) is 7.56. The molecule has 2 fully saturated rings. The lowest BCUT2D eigenvalue weighted by molar-refractivity contribution is -0.126. The summed E-state index contributed by atoms with van der Waals surface area (Å²) in [6, 6.07) is 11.8. The van der Waals surface area contributed by atoms with Gasteiger partial charge in [0.2, 0.25) is 5.91 Å². The molecule has 0 spiro atoms. The van der Waals surface area contributed by atoms with E-state index in [1.165, 1.54) is 0 Å². The van der Waals surface area contributed by atoms with Crippen molar-refractivity contribution in [3.63, 3.8) is 0 Å². The highest BCUT2D eigenvalue weighted by atomic mass is 16.3.